The summed E-state index contributed by atoms with van der Waals surface area (Å²) < 4.78 is 5.67. The van der Waals surface area contributed by atoms with Gasteiger partial charge in [0.25, 0.3) is 0 Å². The van der Waals surface area contributed by atoms with E-state index in [-0.39, 0.29) is 17.6 Å². The molecular formula is C10H22O2. The first-order valence-electron chi connectivity index (χ1n) is 4.56. The van der Waals surface area contributed by atoms with Crippen LogP contribution in [-0.4, -0.2) is 23.9 Å². The summed E-state index contributed by atoms with van der Waals surface area (Å²) in [6, 6.07) is 0. The predicted molar refractivity (Wildman–Crippen MR) is 51.2 cm³/mol. The van der Waals surface area contributed by atoms with E-state index >= 15 is 0 Å². The van der Waals surface area contributed by atoms with Crippen LogP contribution in [0.5, 0.6) is 0 Å². The van der Waals surface area contributed by atoms with Crippen molar-refractivity contribution in [1.82, 2.24) is 0 Å². The molecule has 1 N–H and O–H groups in total. The van der Waals surface area contributed by atoms with E-state index in [1.807, 2.05) is 0 Å². The number of rotatable bonds is 4. The highest BCUT2D eigenvalue weighted by Gasteiger charge is 2.33. The number of hydrogen-bond acceptors (Lipinski definition) is 2. The van der Waals surface area contributed by atoms with Gasteiger partial charge >= 0.3 is 0 Å². The van der Waals surface area contributed by atoms with Crippen LogP contribution < -0.4 is 0 Å². The van der Waals surface area contributed by atoms with E-state index in [1.54, 1.807) is 0 Å². The lowest BCUT2D eigenvalue weighted by molar-refractivity contribution is -0.0928. The summed E-state index contributed by atoms with van der Waals surface area (Å²) in [6.45, 7) is 11.5. The second-order valence-electron chi connectivity index (χ2n) is 4.69. The van der Waals surface area contributed by atoms with Crippen LogP contribution in [0.25, 0.3) is 0 Å². The van der Waals surface area contributed by atoms with E-state index in [1.165, 1.54) is 0 Å². The Morgan fingerprint density at radius 2 is 1.58 bits per heavy atom. The SMILES string of the molecule is CC(C)(C)C(C)(C)OCCCO. The molecule has 2 nitrogen and oxygen atoms in total. The van der Waals surface area contributed by atoms with Crippen LogP contribution in [0.2, 0.25) is 0 Å². The van der Waals surface area contributed by atoms with Crippen LogP contribution in [0.1, 0.15) is 41.0 Å². The molecule has 0 aromatic carbocycles. The van der Waals surface area contributed by atoms with Crippen molar-refractivity contribution in [3.05, 3.63) is 0 Å². The van der Waals surface area contributed by atoms with Crippen LogP contribution >= 0.6 is 0 Å². The van der Waals surface area contributed by atoms with Gasteiger partial charge in [-0.2, -0.15) is 0 Å². The van der Waals surface area contributed by atoms with Gasteiger partial charge in [0, 0.05) is 13.2 Å². The van der Waals surface area contributed by atoms with Gasteiger partial charge in [-0.15, -0.1) is 0 Å². The molecule has 0 aromatic rings. The Morgan fingerprint density at radius 1 is 1.08 bits per heavy atom. The molecule has 0 atom stereocenters. The van der Waals surface area contributed by atoms with Gasteiger partial charge in [0.1, 0.15) is 0 Å². The molecule has 0 spiro atoms. The number of ether oxygens (including phenoxy) is 1. The maximum atomic E-state index is 8.59. The summed E-state index contributed by atoms with van der Waals surface area (Å²) in [4.78, 5) is 0. The molecule has 0 amide bonds. The third kappa shape index (κ3) is 3.55. The summed E-state index contributed by atoms with van der Waals surface area (Å²) in [5.41, 5.74) is 0.0185. The summed E-state index contributed by atoms with van der Waals surface area (Å²) in [5, 5.41) is 8.59. The van der Waals surface area contributed by atoms with Crippen LogP contribution in [0.4, 0.5) is 0 Å². The number of aliphatic hydroxyl groups excluding tert-OH is 1. The maximum Gasteiger partial charge on any atom is 0.0674 e. The molecule has 0 heterocycles. The zero-order chi connectivity index (χ0) is 9.83. The van der Waals surface area contributed by atoms with E-state index in [9.17, 15) is 0 Å². The molecule has 0 aliphatic rings. The smallest absolute Gasteiger partial charge is 0.0674 e. The van der Waals surface area contributed by atoms with Crippen molar-refractivity contribution in [2.45, 2.75) is 46.6 Å². The average molecular weight is 174 g/mol. The number of aliphatic hydroxyl groups is 1. The fourth-order valence-electron chi connectivity index (χ4n) is 0.608. The fourth-order valence-corrected chi connectivity index (χ4v) is 0.608. The third-order valence-corrected chi connectivity index (χ3v) is 2.57. The topological polar surface area (TPSA) is 29.5 Å². The van der Waals surface area contributed by atoms with Gasteiger partial charge in [-0.1, -0.05) is 20.8 Å². The first kappa shape index (κ1) is 11.9. The fraction of sp³-hybridized carbons (Fsp3) is 1.00. The Bertz CT molecular complexity index is 122. The highest BCUT2D eigenvalue weighted by molar-refractivity contribution is 4.83. The van der Waals surface area contributed by atoms with Crippen LogP contribution in [0, 0.1) is 5.41 Å². The summed E-state index contributed by atoms with van der Waals surface area (Å²) in [7, 11) is 0. The molecule has 0 bridgehead atoms. The summed E-state index contributed by atoms with van der Waals surface area (Å²) in [5.74, 6) is 0. The second kappa shape index (κ2) is 4.24. The largest absolute Gasteiger partial charge is 0.396 e. The van der Waals surface area contributed by atoms with Gasteiger partial charge in [-0.3, -0.25) is 0 Å². The number of hydrogen-bond donors (Lipinski definition) is 1. The van der Waals surface area contributed by atoms with Crippen molar-refractivity contribution < 1.29 is 9.84 Å². The third-order valence-electron chi connectivity index (χ3n) is 2.57. The molecule has 0 aliphatic heterocycles. The van der Waals surface area contributed by atoms with Crippen molar-refractivity contribution in [3.63, 3.8) is 0 Å². The van der Waals surface area contributed by atoms with Crippen molar-refractivity contribution in [3.8, 4) is 0 Å². The molecule has 0 fully saturated rings. The Kier molecular flexibility index (Phi) is 4.21. The Morgan fingerprint density at radius 3 is 1.92 bits per heavy atom. The van der Waals surface area contributed by atoms with E-state index < -0.39 is 0 Å². The first-order valence-corrected chi connectivity index (χ1v) is 4.56. The predicted octanol–water partition coefficient (Wildman–Crippen LogP) is 2.21. The van der Waals surface area contributed by atoms with E-state index in [0.29, 0.717) is 6.61 Å². The van der Waals surface area contributed by atoms with Gasteiger partial charge in [0.2, 0.25) is 0 Å². The maximum absolute atomic E-state index is 8.59. The molecule has 0 saturated carbocycles. The second-order valence-corrected chi connectivity index (χ2v) is 4.69. The molecule has 0 aliphatic carbocycles. The molecule has 0 rings (SSSR count). The molecule has 2 heteroatoms. The van der Waals surface area contributed by atoms with Crippen LogP contribution in [0.15, 0.2) is 0 Å². The molecule has 0 unspecified atom stereocenters. The lowest BCUT2D eigenvalue weighted by atomic mass is 9.79. The molecule has 74 valence electrons. The van der Waals surface area contributed by atoms with Gasteiger partial charge in [-0.05, 0) is 25.7 Å². The minimum absolute atomic E-state index is 0.123. The minimum Gasteiger partial charge on any atom is -0.396 e. The van der Waals surface area contributed by atoms with Crippen molar-refractivity contribution >= 4 is 0 Å². The molecular weight excluding hydrogens is 152 g/mol. The Balaban J connectivity index is 3.88. The molecule has 0 saturated heterocycles. The zero-order valence-electron chi connectivity index (χ0n) is 8.98. The zero-order valence-corrected chi connectivity index (χ0v) is 8.98. The van der Waals surface area contributed by atoms with Gasteiger partial charge < -0.3 is 9.84 Å². The van der Waals surface area contributed by atoms with Gasteiger partial charge in [0.15, 0.2) is 0 Å². The van der Waals surface area contributed by atoms with Crippen LogP contribution in [-0.2, 0) is 4.74 Å². The van der Waals surface area contributed by atoms with Crippen molar-refractivity contribution in [1.29, 1.82) is 0 Å². The lowest BCUT2D eigenvalue weighted by Crippen LogP contribution is -2.39. The highest BCUT2D eigenvalue weighted by atomic mass is 16.5. The molecule has 0 aromatic heterocycles. The van der Waals surface area contributed by atoms with Crippen molar-refractivity contribution in [2.24, 2.45) is 5.41 Å². The monoisotopic (exact) mass is 174 g/mol. The minimum atomic E-state index is -0.123. The average Bonchev–Trinajstić information content (AvgIpc) is 1.85. The lowest BCUT2D eigenvalue weighted by Gasteiger charge is -2.38. The van der Waals surface area contributed by atoms with Crippen LogP contribution in [0.3, 0.4) is 0 Å². The Labute approximate surface area is 75.9 Å². The van der Waals surface area contributed by atoms with E-state index in [4.69, 9.17) is 9.84 Å². The van der Waals surface area contributed by atoms with E-state index in [0.717, 1.165) is 6.42 Å². The standard InChI is InChI=1S/C10H22O2/c1-9(2,3)10(4,5)12-8-6-7-11/h11H,6-8H2,1-5H3. The highest BCUT2D eigenvalue weighted by Crippen LogP contribution is 2.32. The summed E-state index contributed by atoms with van der Waals surface area (Å²) in [6.07, 6.45) is 0.722. The van der Waals surface area contributed by atoms with Gasteiger partial charge in [0.05, 0.1) is 5.60 Å². The van der Waals surface area contributed by atoms with E-state index in [2.05, 4.69) is 34.6 Å². The summed E-state index contributed by atoms with van der Waals surface area (Å²) >= 11 is 0. The Hall–Kier alpha value is -0.0800. The first-order chi connectivity index (χ1) is 5.31. The van der Waals surface area contributed by atoms with Crippen molar-refractivity contribution in [2.75, 3.05) is 13.2 Å². The molecule has 0 radical (unpaired) electrons. The van der Waals surface area contributed by atoms with Gasteiger partial charge in [-0.25, -0.2) is 0 Å². The quantitative estimate of drug-likeness (QED) is 0.662. The molecule has 12 heavy (non-hydrogen) atoms. The normalized spacial score (nSPS) is 13.5.